The van der Waals surface area contributed by atoms with Gasteiger partial charge in [0.15, 0.2) is 5.82 Å². The molecule has 1 atom stereocenters. The molecular formula is C27H23N3O2. The molecule has 2 aliphatic rings. The highest BCUT2D eigenvalue weighted by molar-refractivity contribution is 5.92. The van der Waals surface area contributed by atoms with Crippen molar-refractivity contribution in [2.45, 2.75) is 30.8 Å². The van der Waals surface area contributed by atoms with E-state index in [0.29, 0.717) is 6.54 Å². The summed E-state index contributed by atoms with van der Waals surface area (Å²) in [6.07, 6.45) is 6.06. The maximum absolute atomic E-state index is 13.0. The van der Waals surface area contributed by atoms with Crippen LogP contribution in [0.3, 0.4) is 0 Å². The van der Waals surface area contributed by atoms with Gasteiger partial charge in [-0.15, -0.1) is 0 Å². The number of aromatic nitrogens is 2. The van der Waals surface area contributed by atoms with Crippen LogP contribution in [-0.4, -0.2) is 28.5 Å². The van der Waals surface area contributed by atoms with Gasteiger partial charge in [-0.3, -0.25) is 4.79 Å². The first-order chi connectivity index (χ1) is 15.7. The number of hydrogen-bond donors (Lipinski definition) is 1. The number of fused-ring (bicyclic) bond motifs is 3. The molecule has 1 aliphatic carbocycles. The second-order valence-electron chi connectivity index (χ2n) is 8.65. The maximum Gasteiger partial charge on any atom is 0.230 e. The largest absolute Gasteiger partial charge is 0.488 e. The predicted octanol–water partition coefficient (Wildman–Crippen LogP) is 4.45. The van der Waals surface area contributed by atoms with Crippen molar-refractivity contribution in [1.82, 2.24) is 15.3 Å². The highest BCUT2D eigenvalue weighted by Gasteiger charge is 2.51. The molecule has 5 nitrogen and oxygen atoms in total. The maximum atomic E-state index is 13.0. The summed E-state index contributed by atoms with van der Waals surface area (Å²) in [5.41, 5.74) is 2.95. The zero-order valence-electron chi connectivity index (χ0n) is 17.6. The van der Waals surface area contributed by atoms with Gasteiger partial charge in [0.05, 0.1) is 12.0 Å². The lowest BCUT2D eigenvalue weighted by Crippen LogP contribution is -2.40. The van der Waals surface area contributed by atoms with E-state index in [9.17, 15) is 4.79 Å². The van der Waals surface area contributed by atoms with E-state index in [1.807, 2.05) is 30.3 Å². The number of nitrogens with zero attached hydrogens (tertiary/aromatic N) is 2. The average Bonchev–Trinajstić information content (AvgIpc) is 3.56. The molecule has 1 amide bonds. The lowest BCUT2D eigenvalue weighted by molar-refractivity contribution is -0.123. The molecule has 1 saturated carbocycles. The Balaban J connectivity index is 1.18. The fourth-order valence-corrected chi connectivity index (χ4v) is 4.75. The Labute approximate surface area is 186 Å². The minimum Gasteiger partial charge on any atom is -0.488 e. The zero-order chi connectivity index (χ0) is 21.5. The van der Waals surface area contributed by atoms with Crippen molar-refractivity contribution in [2.75, 3.05) is 6.54 Å². The number of carbonyl (C=O) groups excluding carboxylic acids is 1. The van der Waals surface area contributed by atoms with Gasteiger partial charge in [0.25, 0.3) is 0 Å². The van der Waals surface area contributed by atoms with Gasteiger partial charge in [0.2, 0.25) is 5.91 Å². The minimum absolute atomic E-state index is 0.0525. The summed E-state index contributed by atoms with van der Waals surface area (Å²) in [5, 5.41) is 5.48. The van der Waals surface area contributed by atoms with E-state index in [0.717, 1.165) is 47.3 Å². The molecule has 1 N–H and O–H groups in total. The van der Waals surface area contributed by atoms with Crippen LogP contribution in [-0.2, 0) is 16.6 Å². The topological polar surface area (TPSA) is 64.1 Å². The summed E-state index contributed by atoms with van der Waals surface area (Å²) in [7, 11) is 0. The summed E-state index contributed by atoms with van der Waals surface area (Å²) < 4.78 is 6.18. The molecule has 0 radical (unpaired) electrons. The molecule has 0 unspecified atom stereocenters. The standard InChI is InChI=1S/C27H23N3O2/c31-26(27(11-12-27)20-5-2-1-3-6-20)30-17-21-16-23-22-9-7-19(25-28-13-4-14-29-25)15-18(22)8-10-24(23)32-21/h1-10,13-15,21H,11-12,16-17H2,(H,30,31)/t21-/m0/s1. The van der Waals surface area contributed by atoms with E-state index in [1.165, 1.54) is 10.9 Å². The van der Waals surface area contributed by atoms with Crippen LogP contribution in [0.4, 0.5) is 0 Å². The Morgan fingerprint density at radius 3 is 2.59 bits per heavy atom. The molecule has 158 valence electrons. The molecule has 4 aromatic rings. The van der Waals surface area contributed by atoms with Crippen LogP contribution in [0, 0.1) is 0 Å². The van der Waals surface area contributed by atoms with Crippen molar-refractivity contribution in [2.24, 2.45) is 0 Å². The van der Waals surface area contributed by atoms with E-state index in [2.05, 4.69) is 51.7 Å². The Bertz CT molecular complexity index is 1300. The number of benzene rings is 3. The SMILES string of the molecule is O=C(NC[C@@H]1Cc2c(ccc3cc(-c4ncccn4)ccc23)O1)C1(c2ccccc2)CC1. The Morgan fingerprint density at radius 1 is 1.00 bits per heavy atom. The first-order valence-electron chi connectivity index (χ1n) is 11.1. The number of ether oxygens (including phenoxy) is 1. The van der Waals surface area contributed by atoms with Gasteiger partial charge < -0.3 is 10.1 Å². The first-order valence-corrected chi connectivity index (χ1v) is 11.1. The number of hydrogen-bond acceptors (Lipinski definition) is 4. The smallest absolute Gasteiger partial charge is 0.230 e. The quantitative estimate of drug-likeness (QED) is 0.517. The summed E-state index contributed by atoms with van der Waals surface area (Å²) in [4.78, 5) is 21.7. The van der Waals surface area contributed by atoms with E-state index in [-0.39, 0.29) is 17.4 Å². The highest BCUT2D eigenvalue weighted by atomic mass is 16.5. The first kappa shape index (κ1) is 19.0. The number of amides is 1. The second-order valence-corrected chi connectivity index (χ2v) is 8.65. The Morgan fingerprint density at radius 2 is 1.81 bits per heavy atom. The van der Waals surface area contributed by atoms with Crippen molar-refractivity contribution < 1.29 is 9.53 Å². The van der Waals surface area contributed by atoms with Crippen LogP contribution in [0.15, 0.2) is 79.1 Å². The van der Waals surface area contributed by atoms with Crippen molar-refractivity contribution in [3.63, 3.8) is 0 Å². The van der Waals surface area contributed by atoms with Gasteiger partial charge in [-0.1, -0.05) is 48.5 Å². The summed E-state index contributed by atoms with van der Waals surface area (Å²) >= 11 is 0. The molecule has 0 bridgehead atoms. The fourth-order valence-electron chi connectivity index (χ4n) is 4.75. The molecule has 2 heterocycles. The van der Waals surface area contributed by atoms with Crippen LogP contribution >= 0.6 is 0 Å². The Kier molecular flexibility index (Phi) is 4.42. The van der Waals surface area contributed by atoms with Crippen LogP contribution in [0.5, 0.6) is 5.75 Å². The van der Waals surface area contributed by atoms with Crippen molar-refractivity contribution in [3.05, 3.63) is 90.3 Å². The van der Waals surface area contributed by atoms with Crippen LogP contribution in [0.25, 0.3) is 22.2 Å². The van der Waals surface area contributed by atoms with E-state index in [1.54, 1.807) is 12.4 Å². The molecule has 32 heavy (non-hydrogen) atoms. The lowest BCUT2D eigenvalue weighted by atomic mass is 9.95. The lowest BCUT2D eigenvalue weighted by Gasteiger charge is -2.18. The van der Waals surface area contributed by atoms with Gasteiger partial charge >= 0.3 is 0 Å². The van der Waals surface area contributed by atoms with Gasteiger partial charge in [-0.25, -0.2) is 9.97 Å². The van der Waals surface area contributed by atoms with Gasteiger partial charge in [0.1, 0.15) is 11.9 Å². The molecule has 5 heteroatoms. The third kappa shape index (κ3) is 3.21. The normalized spacial score (nSPS) is 18.1. The molecule has 1 fully saturated rings. The number of carbonyl (C=O) groups is 1. The third-order valence-corrected chi connectivity index (χ3v) is 6.64. The van der Waals surface area contributed by atoms with Crippen LogP contribution in [0.1, 0.15) is 24.0 Å². The average molecular weight is 422 g/mol. The van der Waals surface area contributed by atoms with E-state index < -0.39 is 0 Å². The van der Waals surface area contributed by atoms with Crippen LogP contribution < -0.4 is 10.1 Å². The fraction of sp³-hybridized carbons (Fsp3) is 0.222. The predicted molar refractivity (Wildman–Crippen MR) is 123 cm³/mol. The molecule has 0 saturated heterocycles. The van der Waals surface area contributed by atoms with Gasteiger partial charge in [0, 0.05) is 29.9 Å². The number of nitrogens with one attached hydrogen (secondary N) is 1. The summed E-state index contributed by atoms with van der Waals surface area (Å²) in [5.74, 6) is 1.74. The zero-order valence-corrected chi connectivity index (χ0v) is 17.6. The highest BCUT2D eigenvalue weighted by Crippen LogP contribution is 2.48. The summed E-state index contributed by atoms with van der Waals surface area (Å²) in [6, 6.07) is 22.3. The molecule has 1 aromatic heterocycles. The second kappa shape index (κ2) is 7.45. The van der Waals surface area contributed by atoms with Crippen molar-refractivity contribution >= 4 is 16.7 Å². The Hall–Kier alpha value is -3.73. The monoisotopic (exact) mass is 421 g/mol. The number of rotatable bonds is 5. The molecule has 1 aliphatic heterocycles. The molecule has 0 spiro atoms. The van der Waals surface area contributed by atoms with E-state index >= 15 is 0 Å². The molecule has 6 rings (SSSR count). The minimum atomic E-state index is -0.352. The summed E-state index contributed by atoms with van der Waals surface area (Å²) in [6.45, 7) is 0.513. The molecule has 3 aromatic carbocycles. The van der Waals surface area contributed by atoms with Gasteiger partial charge in [-0.2, -0.15) is 0 Å². The van der Waals surface area contributed by atoms with Gasteiger partial charge in [-0.05, 0) is 47.4 Å². The molecular weight excluding hydrogens is 398 g/mol. The van der Waals surface area contributed by atoms with E-state index in [4.69, 9.17) is 4.74 Å². The van der Waals surface area contributed by atoms with Crippen molar-refractivity contribution in [3.8, 4) is 17.1 Å². The third-order valence-electron chi connectivity index (χ3n) is 6.64. The van der Waals surface area contributed by atoms with Crippen LogP contribution in [0.2, 0.25) is 0 Å². The van der Waals surface area contributed by atoms with Crippen molar-refractivity contribution in [1.29, 1.82) is 0 Å².